The average molecular weight is 277 g/mol. The van der Waals surface area contributed by atoms with Crippen LogP contribution < -0.4 is 5.32 Å². The largest absolute Gasteiger partial charge is 0.508 e. The Morgan fingerprint density at radius 2 is 1.80 bits per heavy atom. The first-order chi connectivity index (χ1) is 9.43. The van der Waals surface area contributed by atoms with E-state index in [2.05, 4.69) is 33.0 Å². The van der Waals surface area contributed by atoms with Gasteiger partial charge in [-0.05, 0) is 42.9 Å². The lowest BCUT2D eigenvalue weighted by Gasteiger charge is -2.27. The van der Waals surface area contributed by atoms with Crippen LogP contribution in [0, 0.1) is 5.41 Å². The van der Waals surface area contributed by atoms with Crippen molar-refractivity contribution in [3.63, 3.8) is 0 Å². The zero-order chi connectivity index (χ0) is 15.0. The molecule has 0 aliphatic carbocycles. The van der Waals surface area contributed by atoms with Gasteiger partial charge in [0.1, 0.15) is 5.75 Å². The smallest absolute Gasteiger partial charge is 0.115 e. The molecule has 20 heavy (non-hydrogen) atoms. The zero-order valence-electron chi connectivity index (χ0n) is 13.6. The molecule has 0 fully saturated rings. The molecule has 1 unspecified atom stereocenters. The Balaban J connectivity index is 2.31. The molecule has 0 aromatic heterocycles. The third-order valence-corrected chi connectivity index (χ3v) is 3.86. The van der Waals surface area contributed by atoms with Gasteiger partial charge in [0.15, 0.2) is 0 Å². The van der Waals surface area contributed by atoms with Gasteiger partial charge in [0.25, 0.3) is 0 Å². The Bertz CT molecular complexity index is 370. The number of aromatic hydroxyl groups is 1. The second kappa shape index (κ2) is 8.31. The van der Waals surface area contributed by atoms with Crippen LogP contribution in [-0.2, 0) is 6.42 Å². The number of phenolic OH excluding ortho intramolecular Hbond substituents is 1. The molecule has 0 spiro atoms. The molecular formula is C18H31NO. The summed E-state index contributed by atoms with van der Waals surface area (Å²) < 4.78 is 0. The first-order valence-corrected chi connectivity index (χ1v) is 7.94. The number of hydrogen-bond donors (Lipinski definition) is 2. The van der Waals surface area contributed by atoms with Gasteiger partial charge in [0, 0.05) is 12.6 Å². The fourth-order valence-corrected chi connectivity index (χ4v) is 2.45. The monoisotopic (exact) mass is 277 g/mol. The van der Waals surface area contributed by atoms with Crippen molar-refractivity contribution < 1.29 is 5.11 Å². The third kappa shape index (κ3) is 6.95. The SMILES string of the molecule is CCCCCC(C)(C)CNC(C)Cc1ccc(O)cc1. The predicted molar refractivity (Wildman–Crippen MR) is 87.2 cm³/mol. The molecule has 0 aliphatic rings. The fraction of sp³-hybridized carbons (Fsp3) is 0.667. The summed E-state index contributed by atoms with van der Waals surface area (Å²) in [6.45, 7) is 10.3. The van der Waals surface area contributed by atoms with E-state index >= 15 is 0 Å². The molecule has 0 radical (unpaired) electrons. The van der Waals surface area contributed by atoms with E-state index in [1.54, 1.807) is 12.1 Å². The van der Waals surface area contributed by atoms with Crippen molar-refractivity contribution in [2.75, 3.05) is 6.54 Å². The van der Waals surface area contributed by atoms with Crippen molar-refractivity contribution in [3.8, 4) is 5.75 Å². The minimum absolute atomic E-state index is 0.339. The highest BCUT2D eigenvalue weighted by Crippen LogP contribution is 2.23. The highest BCUT2D eigenvalue weighted by Gasteiger charge is 2.18. The molecule has 114 valence electrons. The summed E-state index contributed by atoms with van der Waals surface area (Å²) >= 11 is 0. The van der Waals surface area contributed by atoms with Gasteiger partial charge in [0.2, 0.25) is 0 Å². The zero-order valence-corrected chi connectivity index (χ0v) is 13.6. The summed E-state index contributed by atoms with van der Waals surface area (Å²) in [5, 5.41) is 12.9. The van der Waals surface area contributed by atoms with Gasteiger partial charge in [-0.1, -0.05) is 52.2 Å². The van der Waals surface area contributed by atoms with Crippen LogP contribution in [0.2, 0.25) is 0 Å². The first-order valence-electron chi connectivity index (χ1n) is 7.94. The molecule has 0 amide bonds. The second-order valence-electron chi connectivity index (χ2n) is 6.77. The molecule has 1 atom stereocenters. The maximum Gasteiger partial charge on any atom is 0.115 e. The summed E-state index contributed by atoms with van der Waals surface area (Å²) in [5.74, 6) is 0.339. The topological polar surface area (TPSA) is 32.3 Å². The summed E-state index contributed by atoms with van der Waals surface area (Å²) in [5.41, 5.74) is 1.64. The molecular weight excluding hydrogens is 246 g/mol. The molecule has 2 heteroatoms. The molecule has 0 saturated carbocycles. The Kier molecular flexibility index (Phi) is 7.08. The highest BCUT2D eigenvalue weighted by atomic mass is 16.3. The Labute approximate surface area is 124 Å². The fourth-order valence-electron chi connectivity index (χ4n) is 2.45. The van der Waals surface area contributed by atoms with Crippen LogP contribution in [0.25, 0.3) is 0 Å². The molecule has 0 aliphatic heterocycles. The van der Waals surface area contributed by atoms with Crippen LogP contribution in [0.1, 0.15) is 58.9 Å². The molecule has 2 nitrogen and oxygen atoms in total. The summed E-state index contributed by atoms with van der Waals surface area (Å²) in [6.07, 6.45) is 6.26. The van der Waals surface area contributed by atoms with Crippen LogP contribution in [0.3, 0.4) is 0 Å². The number of phenols is 1. The number of nitrogens with one attached hydrogen (secondary N) is 1. The predicted octanol–water partition coefficient (Wildman–Crippen LogP) is 4.52. The molecule has 0 heterocycles. The Morgan fingerprint density at radius 1 is 1.15 bits per heavy atom. The van der Waals surface area contributed by atoms with Crippen molar-refractivity contribution >= 4 is 0 Å². The summed E-state index contributed by atoms with van der Waals surface area (Å²) in [7, 11) is 0. The van der Waals surface area contributed by atoms with E-state index in [0.29, 0.717) is 17.2 Å². The second-order valence-corrected chi connectivity index (χ2v) is 6.77. The average Bonchev–Trinajstić information content (AvgIpc) is 2.40. The third-order valence-electron chi connectivity index (χ3n) is 3.86. The van der Waals surface area contributed by atoms with E-state index in [0.717, 1.165) is 13.0 Å². The highest BCUT2D eigenvalue weighted by molar-refractivity contribution is 5.26. The lowest BCUT2D eigenvalue weighted by atomic mass is 9.86. The quantitative estimate of drug-likeness (QED) is 0.650. The van der Waals surface area contributed by atoms with Crippen LogP contribution >= 0.6 is 0 Å². The number of benzene rings is 1. The molecule has 0 bridgehead atoms. The van der Waals surface area contributed by atoms with Gasteiger partial charge < -0.3 is 10.4 Å². The molecule has 0 saturated heterocycles. The molecule has 1 rings (SSSR count). The summed E-state index contributed by atoms with van der Waals surface area (Å²) in [4.78, 5) is 0. The van der Waals surface area contributed by atoms with Crippen molar-refractivity contribution in [3.05, 3.63) is 29.8 Å². The molecule has 1 aromatic carbocycles. The molecule has 2 N–H and O–H groups in total. The number of rotatable bonds is 9. The lowest BCUT2D eigenvalue weighted by molar-refractivity contribution is 0.289. The van der Waals surface area contributed by atoms with Crippen LogP contribution in [-0.4, -0.2) is 17.7 Å². The van der Waals surface area contributed by atoms with Gasteiger partial charge in [-0.2, -0.15) is 0 Å². The number of unbranched alkanes of at least 4 members (excludes halogenated alkanes) is 2. The number of hydrogen-bond acceptors (Lipinski definition) is 2. The Morgan fingerprint density at radius 3 is 2.40 bits per heavy atom. The standard InChI is InChI=1S/C18H31NO/c1-5-6-7-12-18(3,4)14-19-15(2)13-16-8-10-17(20)11-9-16/h8-11,15,19-20H,5-7,12-14H2,1-4H3. The van der Waals surface area contributed by atoms with E-state index in [4.69, 9.17) is 0 Å². The first kappa shape index (κ1) is 17.0. The van der Waals surface area contributed by atoms with E-state index in [1.807, 2.05) is 12.1 Å². The van der Waals surface area contributed by atoms with E-state index < -0.39 is 0 Å². The van der Waals surface area contributed by atoms with E-state index in [1.165, 1.54) is 31.2 Å². The maximum absolute atomic E-state index is 9.29. The lowest BCUT2D eigenvalue weighted by Crippen LogP contribution is -2.36. The minimum atomic E-state index is 0.339. The van der Waals surface area contributed by atoms with Gasteiger partial charge in [-0.15, -0.1) is 0 Å². The van der Waals surface area contributed by atoms with E-state index in [9.17, 15) is 5.11 Å². The van der Waals surface area contributed by atoms with Crippen LogP contribution in [0.5, 0.6) is 5.75 Å². The maximum atomic E-state index is 9.29. The minimum Gasteiger partial charge on any atom is -0.508 e. The van der Waals surface area contributed by atoms with Gasteiger partial charge in [0.05, 0.1) is 0 Å². The van der Waals surface area contributed by atoms with E-state index in [-0.39, 0.29) is 0 Å². The normalized spacial score (nSPS) is 13.4. The summed E-state index contributed by atoms with van der Waals surface area (Å²) in [6, 6.07) is 7.98. The van der Waals surface area contributed by atoms with Gasteiger partial charge in [-0.25, -0.2) is 0 Å². The van der Waals surface area contributed by atoms with Crippen molar-refractivity contribution in [2.24, 2.45) is 5.41 Å². The van der Waals surface area contributed by atoms with Crippen molar-refractivity contribution in [2.45, 2.75) is 65.8 Å². The van der Waals surface area contributed by atoms with Crippen molar-refractivity contribution in [1.82, 2.24) is 5.32 Å². The Hall–Kier alpha value is -1.02. The van der Waals surface area contributed by atoms with Gasteiger partial charge in [-0.3, -0.25) is 0 Å². The molecule has 1 aromatic rings. The van der Waals surface area contributed by atoms with Crippen LogP contribution in [0.15, 0.2) is 24.3 Å². The van der Waals surface area contributed by atoms with Crippen LogP contribution in [0.4, 0.5) is 0 Å². The van der Waals surface area contributed by atoms with Gasteiger partial charge >= 0.3 is 0 Å². The van der Waals surface area contributed by atoms with Crippen molar-refractivity contribution in [1.29, 1.82) is 0 Å².